The van der Waals surface area contributed by atoms with Crippen LogP contribution in [0.25, 0.3) is 21.5 Å². The van der Waals surface area contributed by atoms with Crippen LogP contribution in [0.15, 0.2) is 83.0 Å². The van der Waals surface area contributed by atoms with Crippen LogP contribution in [-0.2, 0) is 4.79 Å². The molecule has 0 aromatic heterocycles. The topological polar surface area (TPSA) is 48.3 Å². The highest BCUT2D eigenvalue weighted by molar-refractivity contribution is 5.97. The van der Waals surface area contributed by atoms with Gasteiger partial charge in [0.05, 0.1) is 24.4 Å². The Morgan fingerprint density at radius 1 is 0.771 bits per heavy atom. The van der Waals surface area contributed by atoms with Crippen molar-refractivity contribution in [3.63, 3.8) is 0 Å². The molecule has 4 aromatic carbocycles. The largest absolute Gasteiger partial charge is 0.272 e. The monoisotopic (exact) mass is 458 g/mol. The summed E-state index contributed by atoms with van der Waals surface area (Å²) in [6, 6.07) is 25.5. The third kappa shape index (κ3) is 3.04. The number of carbonyl (C=O) groups excluding carboxylic acids is 1. The summed E-state index contributed by atoms with van der Waals surface area (Å²) in [6.45, 7) is 2.18. The molecule has 3 aliphatic heterocycles. The zero-order valence-electron chi connectivity index (χ0n) is 19.6. The molecule has 7 rings (SSSR count). The van der Waals surface area contributed by atoms with E-state index in [1.165, 1.54) is 21.7 Å². The van der Waals surface area contributed by atoms with Crippen LogP contribution in [0.4, 0.5) is 0 Å². The summed E-state index contributed by atoms with van der Waals surface area (Å²) in [7, 11) is 0. The number of fused-ring (bicyclic) bond motifs is 9. The van der Waals surface area contributed by atoms with Crippen molar-refractivity contribution in [2.45, 2.75) is 38.4 Å². The number of rotatable bonds is 3. The highest BCUT2D eigenvalue weighted by atomic mass is 16.2. The summed E-state index contributed by atoms with van der Waals surface area (Å²) in [4.78, 5) is 14.0. The smallest absolute Gasteiger partial charge is 0.250 e. The third-order valence-corrected chi connectivity index (χ3v) is 7.71. The summed E-state index contributed by atoms with van der Waals surface area (Å²) >= 11 is 0. The predicted molar refractivity (Wildman–Crippen MR) is 140 cm³/mol. The highest BCUT2D eigenvalue weighted by Crippen LogP contribution is 2.50. The average molecular weight is 459 g/mol. The van der Waals surface area contributed by atoms with E-state index in [9.17, 15) is 4.79 Å². The zero-order chi connectivity index (χ0) is 23.5. The van der Waals surface area contributed by atoms with Gasteiger partial charge in [0, 0.05) is 16.7 Å². The maximum atomic E-state index is 14.0. The number of hydrazone groups is 2. The Morgan fingerprint density at radius 2 is 1.34 bits per heavy atom. The van der Waals surface area contributed by atoms with Gasteiger partial charge < -0.3 is 0 Å². The molecule has 3 heterocycles. The van der Waals surface area contributed by atoms with Gasteiger partial charge in [-0.15, -0.1) is 0 Å². The lowest BCUT2D eigenvalue weighted by Crippen LogP contribution is -2.55. The summed E-state index contributed by atoms with van der Waals surface area (Å²) in [5, 5.41) is 18.2. The van der Waals surface area contributed by atoms with Gasteiger partial charge in [0.1, 0.15) is 0 Å². The van der Waals surface area contributed by atoms with Crippen LogP contribution >= 0.6 is 0 Å². The number of benzene rings is 4. The van der Waals surface area contributed by atoms with Gasteiger partial charge in [0.2, 0.25) is 0 Å². The van der Waals surface area contributed by atoms with E-state index in [1.807, 2.05) is 12.4 Å². The second kappa shape index (κ2) is 7.77. The van der Waals surface area contributed by atoms with E-state index in [0.717, 1.165) is 41.3 Å². The van der Waals surface area contributed by atoms with E-state index in [4.69, 9.17) is 5.10 Å². The highest BCUT2D eigenvalue weighted by Gasteiger charge is 2.50. The van der Waals surface area contributed by atoms with Crippen molar-refractivity contribution in [1.29, 1.82) is 0 Å². The Hall–Kier alpha value is -3.99. The van der Waals surface area contributed by atoms with Gasteiger partial charge in [-0.25, -0.2) is 5.01 Å². The quantitative estimate of drug-likeness (QED) is 0.358. The van der Waals surface area contributed by atoms with Crippen molar-refractivity contribution in [3.05, 3.63) is 95.1 Å². The van der Waals surface area contributed by atoms with Crippen molar-refractivity contribution in [3.8, 4) is 0 Å². The normalized spacial score (nSPS) is 22.2. The van der Waals surface area contributed by atoms with Gasteiger partial charge in [-0.3, -0.25) is 9.80 Å². The minimum Gasteiger partial charge on any atom is -0.272 e. The third-order valence-electron chi connectivity index (χ3n) is 7.71. The van der Waals surface area contributed by atoms with Crippen molar-refractivity contribution < 1.29 is 4.79 Å². The molecule has 3 aliphatic rings. The molecule has 172 valence electrons. The number of unbranched alkanes of at least 4 members (excludes halogenated alkanes) is 1. The first-order chi connectivity index (χ1) is 17.2. The van der Waals surface area contributed by atoms with Crippen LogP contribution < -0.4 is 0 Å². The van der Waals surface area contributed by atoms with Gasteiger partial charge in [0.25, 0.3) is 5.91 Å². The Kier molecular flexibility index (Phi) is 4.53. The molecular formula is C30H26N4O. The fraction of sp³-hybridized carbons (Fsp3) is 0.233. The molecule has 5 nitrogen and oxygen atoms in total. The molecule has 0 bridgehead atoms. The standard InChI is InChI=1S/C30H26N4O/c1-2-3-12-25-28-26-15-21-10-6-4-8-19(21)13-23(26)17-31-33(28)29-27-16-22-11-7-5-9-20(22)14-24(27)18-32-34(29)30(25)35/h4-11,13-18,25,28-29H,2-3,12H2,1H3. The summed E-state index contributed by atoms with van der Waals surface area (Å²) in [5.41, 5.74) is 4.41. The minimum absolute atomic E-state index is 0.0935. The van der Waals surface area contributed by atoms with E-state index >= 15 is 0 Å². The maximum absolute atomic E-state index is 14.0. The van der Waals surface area contributed by atoms with Gasteiger partial charge in [0.15, 0.2) is 6.17 Å². The minimum atomic E-state index is -0.356. The molecule has 0 saturated carbocycles. The fourth-order valence-corrected chi connectivity index (χ4v) is 5.98. The number of hydrogen-bond acceptors (Lipinski definition) is 4. The summed E-state index contributed by atoms with van der Waals surface area (Å²) in [6.07, 6.45) is 6.31. The number of amides is 1. The van der Waals surface area contributed by atoms with Crippen LogP contribution in [0.5, 0.6) is 0 Å². The van der Waals surface area contributed by atoms with E-state index in [-0.39, 0.29) is 24.0 Å². The molecule has 1 fully saturated rings. The van der Waals surface area contributed by atoms with E-state index in [0.29, 0.717) is 0 Å². The molecular weight excluding hydrogens is 432 g/mol. The first-order valence-corrected chi connectivity index (χ1v) is 12.5. The van der Waals surface area contributed by atoms with Crippen LogP contribution in [0.2, 0.25) is 0 Å². The second-order valence-corrected chi connectivity index (χ2v) is 9.78. The van der Waals surface area contributed by atoms with Crippen LogP contribution in [0.1, 0.15) is 60.6 Å². The fourth-order valence-electron chi connectivity index (χ4n) is 5.98. The molecule has 4 aromatic rings. The van der Waals surface area contributed by atoms with Gasteiger partial charge in [-0.1, -0.05) is 68.3 Å². The first kappa shape index (κ1) is 20.4. The zero-order valence-corrected chi connectivity index (χ0v) is 19.6. The maximum Gasteiger partial charge on any atom is 0.250 e. The first-order valence-electron chi connectivity index (χ1n) is 12.5. The second-order valence-electron chi connectivity index (χ2n) is 9.78. The van der Waals surface area contributed by atoms with E-state index in [1.54, 1.807) is 5.01 Å². The molecule has 3 unspecified atom stereocenters. The van der Waals surface area contributed by atoms with Gasteiger partial charge in [-0.2, -0.15) is 10.2 Å². The molecule has 1 amide bonds. The lowest BCUT2D eigenvalue weighted by molar-refractivity contribution is -0.161. The van der Waals surface area contributed by atoms with Crippen molar-refractivity contribution in [2.75, 3.05) is 0 Å². The molecule has 3 atom stereocenters. The van der Waals surface area contributed by atoms with Crippen molar-refractivity contribution in [2.24, 2.45) is 16.1 Å². The van der Waals surface area contributed by atoms with Gasteiger partial charge in [-0.05, 0) is 57.8 Å². The molecule has 0 radical (unpaired) electrons. The lowest BCUT2D eigenvalue weighted by Gasteiger charge is -2.51. The summed E-state index contributed by atoms with van der Waals surface area (Å²) in [5.74, 6) is -0.0984. The lowest BCUT2D eigenvalue weighted by atomic mass is 9.80. The summed E-state index contributed by atoms with van der Waals surface area (Å²) < 4.78 is 0. The Morgan fingerprint density at radius 3 is 2.00 bits per heavy atom. The predicted octanol–water partition coefficient (Wildman–Crippen LogP) is 6.38. The Labute approximate surface area is 204 Å². The van der Waals surface area contributed by atoms with E-state index in [2.05, 4.69) is 89.8 Å². The molecule has 0 aliphatic carbocycles. The van der Waals surface area contributed by atoms with E-state index < -0.39 is 0 Å². The SMILES string of the molecule is CCCCC1C(=O)N2N=Cc3cc4ccccc4cc3C2N2N=Cc3cc4ccccc4cc3C12. The Balaban J connectivity index is 1.43. The molecule has 0 N–H and O–H groups in total. The molecule has 0 spiro atoms. The average Bonchev–Trinajstić information content (AvgIpc) is 2.90. The van der Waals surface area contributed by atoms with Crippen LogP contribution in [-0.4, -0.2) is 28.4 Å². The number of hydrogen-bond donors (Lipinski definition) is 0. The van der Waals surface area contributed by atoms with Gasteiger partial charge >= 0.3 is 0 Å². The Bertz CT molecular complexity index is 1560. The van der Waals surface area contributed by atoms with Crippen molar-refractivity contribution in [1.82, 2.24) is 10.0 Å². The number of nitrogens with zero attached hydrogens (tertiary/aromatic N) is 4. The van der Waals surface area contributed by atoms with Crippen molar-refractivity contribution >= 4 is 39.9 Å². The van der Waals surface area contributed by atoms with Crippen LogP contribution in [0.3, 0.4) is 0 Å². The van der Waals surface area contributed by atoms with Crippen LogP contribution in [0, 0.1) is 5.92 Å². The molecule has 1 saturated heterocycles. The molecule has 35 heavy (non-hydrogen) atoms. The molecule has 5 heteroatoms. The number of carbonyl (C=O) groups is 1.